The lowest BCUT2D eigenvalue weighted by atomic mass is 10.1. The second-order valence-electron chi connectivity index (χ2n) is 2.94. The summed E-state index contributed by atoms with van der Waals surface area (Å²) in [5, 5.41) is 6.15. The summed E-state index contributed by atoms with van der Waals surface area (Å²) in [4.78, 5) is 0. The highest BCUT2D eigenvalue weighted by Gasteiger charge is 2.13. The number of halogens is 3. The molecule has 6 heteroatoms. The van der Waals surface area contributed by atoms with Crippen LogP contribution in [0.25, 0.3) is 11.1 Å². The molecule has 1 aromatic carbocycles. The standard InChI is InChI=1S/C9H6BrF2N3/c10-6-1-4(7(11)2-8(6)12)5-3-14-15-9(5)13/h1-3H,(H3,13,14,15). The number of anilines is 1. The van der Waals surface area contributed by atoms with Crippen LogP contribution in [0, 0.1) is 11.6 Å². The first-order valence-corrected chi connectivity index (χ1v) is 4.82. The topological polar surface area (TPSA) is 54.7 Å². The molecule has 2 aromatic rings. The van der Waals surface area contributed by atoms with Gasteiger partial charge in [-0.15, -0.1) is 0 Å². The van der Waals surface area contributed by atoms with Gasteiger partial charge >= 0.3 is 0 Å². The molecule has 0 aliphatic rings. The van der Waals surface area contributed by atoms with E-state index >= 15 is 0 Å². The molecule has 78 valence electrons. The van der Waals surface area contributed by atoms with E-state index in [4.69, 9.17) is 5.73 Å². The van der Waals surface area contributed by atoms with Crippen molar-refractivity contribution < 1.29 is 8.78 Å². The average Bonchev–Trinajstić information content (AvgIpc) is 2.58. The first kappa shape index (κ1) is 10.1. The average molecular weight is 274 g/mol. The number of aromatic amines is 1. The molecule has 0 spiro atoms. The SMILES string of the molecule is Nc1[nH]ncc1-c1cc(Br)c(F)cc1F. The Kier molecular flexibility index (Phi) is 2.44. The molecule has 0 bridgehead atoms. The number of nitrogens with zero attached hydrogens (tertiary/aromatic N) is 1. The maximum atomic E-state index is 13.4. The first-order valence-electron chi connectivity index (χ1n) is 4.03. The summed E-state index contributed by atoms with van der Waals surface area (Å²) >= 11 is 2.98. The van der Waals surface area contributed by atoms with Gasteiger partial charge in [0.2, 0.25) is 0 Å². The highest BCUT2D eigenvalue weighted by molar-refractivity contribution is 9.10. The fourth-order valence-corrected chi connectivity index (χ4v) is 1.58. The van der Waals surface area contributed by atoms with Crippen molar-refractivity contribution in [2.75, 3.05) is 5.73 Å². The molecule has 1 heterocycles. The van der Waals surface area contributed by atoms with E-state index in [1.54, 1.807) is 0 Å². The van der Waals surface area contributed by atoms with E-state index in [9.17, 15) is 8.78 Å². The third-order valence-electron chi connectivity index (χ3n) is 1.97. The van der Waals surface area contributed by atoms with Gasteiger partial charge < -0.3 is 5.73 Å². The van der Waals surface area contributed by atoms with Crippen LogP contribution in [0.2, 0.25) is 0 Å². The predicted molar refractivity (Wildman–Crippen MR) is 56.1 cm³/mol. The molecule has 0 saturated carbocycles. The van der Waals surface area contributed by atoms with Crippen molar-refractivity contribution in [2.45, 2.75) is 0 Å². The fraction of sp³-hybridized carbons (Fsp3) is 0. The second kappa shape index (κ2) is 3.62. The monoisotopic (exact) mass is 273 g/mol. The van der Waals surface area contributed by atoms with Gasteiger partial charge in [0.15, 0.2) is 0 Å². The van der Waals surface area contributed by atoms with Crippen LogP contribution in [0.1, 0.15) is 0 Å². The minimum atomic E-state index is -0.677. The smallest absolute Gasteiger partial charge is 0.140 e. The van der Waals surface area contributed by atoms with Crippen molar-refractivity contribution in [3.8, 4) is 11.1 Å². The van der Waals surface area contributed by atoms with Crippen LogP contribution in [0.3, 0.4) is 0 Å². The van der Waals surface area contributed by atoms with Gasteiger partial charge in [-0.2, -0.15) is 5.10 Å². The molecule has 0 unspecified atom stereocenters. The summed E-state index contributed by atoms with van der Waals surface area (Å²) in [6, 6.07) is 2.12. The Hall–Kier alpha value is -1.43. The van der Waals surface area contributed by atoms with Crippen molar-refractivity contribution >= 4 is 21.7 Å². The zero-order valence-corrected chi connectivity index (χ0v) is 8.98. The largest absolute Gasteiger partial charge is 0.384 e. The lowest BCUT2D eigenvalue weighted by molar-refractivity contribution is 0.581. The number of aromatic nitrogens is 2. The molecule has 1 aromatic heterocycles. The van der Waals surface area contributed by atoms with E-state index in [2.05, 4.69) is 26.1 Å². The van der Waals surface area contributed by atoms with E-state index < -0.39 is 11.6 Å². The number of hydrogen-bond acceptors (Lipinski definition) is 2. The van der Waals surface area contributed by atoms with Crippen LogP contribution in [-0.4, -0.2) is 10.2 Å². The van der Waals surface area contributed by atoms with Gasteiger partial charge in [0.25, 0.3) is 0 Å². The van der Waals surface area contributed by atoms with Crippen molar-refractivity contribution in [2.24, 2.45) is 0 Å². The molecule has 0 saturated heterocycles. The molecule has 0 radical (unpaired) electrons. The highest BCUT2D eigenvalue weighted by Crippen LogP contribution is 2.30. The van der Waals surface area contributed by atoms with Gasteiger partial charge in [-0.05, 0) is 22.0 Å². The van der Waals surface area contributed by atoms with Crippen LogP contribution < -0.4 is 5.73 Å². The number of hydrogen-bond donors (Lipinski definition) is 2. The Morgan fingerprint density at radius 3 is 2.53 bits per heavy atom. The molecule has 3 N–H and O–H groups in total. The summed E-state index contributed by atoms with van der Waals surface area (Å²) in [6.07, 6.45) is 1.39. The third-order valence-corrected chi connectivity index (χ3v) is 2.58. The van der Waals surface area contributed by atoms with Crippen LogP contribution in [0.15, 0.2) is 22.8 Å². The Morgan fingerprint density at radius 2 is 1.93 bits per heavy atom. The Balaban J connectivity index is 2.64. The number of nitrogens with one attached hydrogen (secondary N) is 1. The zero-order valence-electron chi connectivity index (χ0n) is 7.39. The normalized spacial score (nSPS) is 10.6. The lowest BCUT2D eigenvalue weighted by Gasteiger charge is -2.03. The van der Waals surface area contributed by atoms with Gasteiger partial charge in [0.1, 0.15) is 17.5 Å². The molecule has 0 aliphatic carbocycles. The van der Waals surface area contributed by atoms with Crippen molar-refractivity contribution in [1.82, 2.24) is 10.2 Å². The van der Waals surface area contributed by atoms with Gasteiger partial charge in [-0.3, -0.25) is 5.10 Å². The predicted octanol–water partition coefficient (Wildman–Crippen LogP) is 2.70. The third kappa shape index (κ3) is 1.72. The minimum Gasteiger partial charge on any atom is -0.384 e. The maximum Gasteiger partial charge on any atom is 0.140 e. The second-order valence-corrected chi connectivity index (χ2v) is 3.80. The van der Waals surface area contributed by atoms with E-state index in [-0.39, 0.29) is 15.9 Å². The Morgan fingerprint density at radius 1 is 1.20 bits per heavy atom. The molecule has 3 nitrogen and oxygen atoms in total. The van der Waals surface area contributed by atoms with Crippen molar-refractivity contribution in [3.63, 3.8) is 0 Å². The van der Waals surface area contributed by atoms with Crippen LogP contribution in [0.5, 0.6) is 0 Å². The summed E-state index contributed by atoms with van der Waals surface area (Å²) in [5.74, 6) is -1.09. The lowest BCUT2D eigenvalue weighted by Crippen LogP contribution is -1.91. The Labute approximate surface area is 92.4 Å². The van der Waals surface area contributed by atoms with Gasteiger partial charge in [-0.25, -0.2) is 8.78 Å². The number of benzene rings is 1. The van der Waals surface area contributed by atoms with Crippen LogP contribution >= 0.6 is 15.9 Å². The fourth-order valence-electron chi connectivity index (χ4n) is 1.24. The molecule has 0 atom stereocenters. The summed E-state index contributed by atoms with van der Waals surface area (Å²) in [5.41, 5.74) is 6.15. The van der Waals surface area contributed by atoms with E-state index in [1.807, 2.05) is 0 Å². The number of nitrogens with two attached hydrogens (primary N) is 1. The van der Waals surface area contributed by atoms with Crippen LogP contribution in [-0.2, 0) is 0 Å². The van der Waals surface area contributed by atoms with E-state index in [0.717, 1.165) is 6.07 Å². The molecule has 2 rings (SSSR count). The molecule has 15 heavy (non-hydrogen) atoms. The van der Waals surface area contributed by atoms with Gasteiger partial charge in [-0.1, -0.05) is 0 Å². The summed E-state index contributed by atoms with van der Waals surface area (Å²) in [7, 11) is 0. The number of H-pyrrole nitrogens is 1. The minimum absolute atomic E-state index is 0.180. The summed E-state index contributed by atoms with van der Waals surface area (Å²) < 4.78 is 26.6. The molecule has 0 aliphatic heterocycles. The maximum absolute atomic E-state index is 13.4. The quantitative estimate of drug-likeness (QED) is 0.785. The molecule has 0 amide bonds. The molecule has 0 fully saturated rings. The zero-order chi connectivity index (χ0) is 11.0. The number of nitrogen functional groups attached to an aromatic ring is 1. The molecular formula is C9H6BrF2N3. The summed E-state index contributed by atoms with van der Waals surface area (Å²) in [6.45, 7) is 0. The molecular weight excluding hydrogens is 268 g/mol. The highest BCUT2D eigenvalue weighted by atomic mass is 79.9. The van der Waals surface area contributed by atoms with Crippen LogP contribution in [0.4, 0.5) is 14.6 Å². The first-order chi connectivity index (χ1) is 7.09. The van der Waals surface area contributed by atoms with E-state index in [1.165, 1.54) is 12.3 Å². The number of rotatable bonds is 1. The van der Waals surface area contributed by atoms with Crippen molar-refractivity contribution in [3.05, 3.63) is 34.4 Å². The Bertz CT molecular complexity index is 510. The van der Waals surface area contributed by atoms with Crippen molar-refractivity contribution in [1.29, 1.82) is 0 Å². The van der Waals surface area contributed by atoms with Gasteiger partial charge in [0, 0.05) is 17.2 Å². The van der Waals surface area contributed by atoms with E-state index in [0.29, 0.717) is 5.56 Å². The van der Waals surface area contributed by atoms with Gasteiger partial charge in [0.05, 0.1) is 10.7 Å².